The lowest BCUT2D eigenvalue weighted by molar-refractivity contribution is -0.140. The van der Waals surface area contributed by atoms with Crippen molar-refractivity contribution in [2.75, 3.05) is 0 Å². The van der Waals surface area contributed by atoms with Crippen LogP contribution in [0.5, 0.6) is 0 Å². The van der Waals surface area contributed by atoms with E-state index in [1.54, 1.807) is 0 Å². The van der Waals surface area contributed by atoms with Gasteiger partial charge >= 0.3 is 0 Å². The molecule has 0 unspecified atom stereocenters. The molecule has 2 aliphatic rings. The molecule has 0 bridgehead atoms. The first kappa shape index (κ1) is 15.0. The molecular formula is C19H23NO2. The molecule has 1 heterocycles. The normalized spacial score (nSPS) is 23.5. The summed E-state index contributed by atoms with van der Waals surface area (Å²) in [6, 6.07) is 6.49. The molecule has 22 heavy (non-hydrogen) atoms. The molecule has 2 amide bonds. The standard InChI is InChI=1S/C19H23NO2/c1-3-5-13-7-8-16-15(11-13)12-14(6-4-2)19(16)20-17(21)9-10-18(20)22/h7-11,14,19H,3-6,12H2,1-2H3/t14-,19-/m0/s1. The minimum Gasteiger partial charge on any atom is -0.269 e. The van der Waals surface area contributed by atoms with Crippen LogP contribution in [0, 0.1) is 5.92 Å². The van der Waals surface area contributed by atoms with Crippen LogP contribution in [0.15, 0.2) is 30.4 Å². The van der Waals surface area contributed by atoms with E-state index in [0.29, 0.717) is 5.92 Å². The molecule has 3 nitrogen and oxygen atoms in total. The highest BCUT2D eigenvalue weighted by Crippen LogP contribution is 2.44. The molecular weight excluding hydrogens is 274 g/mol. The van der Waals surface area contributed by atoms with Crippen LogP contribution in [0.2, 0.25) is 0 Å². The van der Waals surface area contributed by atoms with Crippen LogP contribution >= 0.6 is 0 Å². The van der Waals surface area contributed by atoms with Crippen molar-refractivity contribution in [3.8, 4) is 0 Å². The van der Waals surface area contributed by atoms with E-state index >= 15 is 0 Å². The largest absolute Gasteiger partial charge is 0.269 e. The third-order valence-corrected chi connectivity index (χ3v) is 4.77. The van der Waals surface area contributed by atoms with Gasteiger partial charge in [-0.05, 0) is 41.9 Å². The maximum atomic E-state index is 12.1. The molecule has 2 atom stereocenters. The fourth-order valence-electron chi connectivity index (χ4n) is 3.88. The maximum Gasteiger partial charge on any atom is 0.254 e. The second kappa shape index (κ2) is 6.07. The zero-order valence-electron chi connectivity index (χ0n) is 13.3. The number of hydrogen-bond donors (Lipinski definition) is 0. The number of hydrogen-bond acceptors (Lipinski definition) is 2. The second-order valence-corrected chi connectivity index (χ2v) is 6.36. The number of benzene rings is 1. The average molecular weight is 297 g/mol. The Morgan fingerprint density at radius 1 is 1.09 bits per heavy atom. The number of amides is 2. The van der Waals surface area contributed by atoms with Gasteiger partial charge in [0.1, 0.15) is 0 Å². The summed E-state index contributed by atoms with van der Waals surface area (Å²) in [5, 5.41) is 0. The molecule has 0 saturated carbocycles. The molecule has 1 aromatic carbocycles. The predicted octanol–water partition coefficient (Wildman–Crippen LogP) is 3.58. The molecule has 0 radical (unpaired) electrons. The molecule has 0 spiro atoms. The van der Waals surface area contributed by atoms with Crippen molar-refractivity contribution in [1.82, 2.24) is 4.90 Å². The zero-order chi connectivity index (χ0) is 15.7. The van der Waals surface area contributed by atoms with Gasteiger partial charge in [-0.1, -0.05) is 44.9 Å². The van der Waals surface area contributed by atoms with E-state index in [-0.39, 0.29) is 17.9 Å². The van der Waals surface area contributed by atoms with Crippen LogP contribution in [0.1, 0.15) is 55.8 Å². The lowest BCUT2D eigenvalue weighted by atomic mass is 9.94. The first-order chi connectivity index (χ1) is 10.7. The van der Waals surface area contributed by atoms with Crippen molar-refractivity contribution in [1.29, 1.82) is 0 Å². The van der Waals surface area contributed by atoms with Crippen molar-refractivity contribution in [2.24, 2.45) is 5.92 Å². The average Bonchev–Trinajstić information content (AvgIpc) is 2.99. The van der Waals surface area contributed by atoms with Crippen LogP contribution < -0.4 is 0 Å². The van der Waals surface area contributed by atoms with E-state index in [0.717, 1.165) is 32.1 Å². The number of carbonyl (C=O) groups is 2. The Kier molecular flexibility index (Phi) is 4.14. The summed E-state index contributed by atoms with van der Waals surface area (Å²) in [5.41, 5.74) is 3.85. The summed E-state index contributed by atoms with van der Waals surface area (Å²) >= 11 is 0. The SMILES string of the molecule is CCCc1ccc2c(c1)C[C@H](CCC)[C@@H]2N1C(=O)C=CC1=O. The Bertz CT molecular complexity index is 614. The summed E-state index contributed by atoms with van der Waals surface area (Å²) < 4.78 is 0. The smallest absolute Gasteiger partial charge is 0.254 e. The van der Waals surface area contributed by atoms with Gasteiger partial charge in [0.25, 0.3) is 11.8 Å². The number of aryl methyl sites for hydroxylation is 1. The molecule has 1 aliphatic carbocycles. The van der Waals surface area contributed by atoms with E-state index in [1.807, 2.05) is 0 Å². The molecule has 3 rings (SSSR count). The van der Waals surface area contributed by atoms with E-state index in [1.165, 1.54) is 33.7 Å². The summed E-state index contributed by atoms with van der Waals surface area (Å²) in [7, 11) is 0. The van der Waals surface area contributed by atoms with Gasteiger partial charge in [0.15, 0.2) is 0 Å². The fraction of sp³-hybridized carbons (Fsp3) is 0.474. The molecule has 0 fully saturated rings. The Hall–Kier alpha value is -1.90. The van der Waals surface area contributed by atoms with Crippen molar-refractivity contribution in [3.05, 3.63) is 47.0 Å². The Morgan fingerprint density at radius 3 is 2.45 bits per heavy atom. The Morgan fingerprint density at radius 2 is 1.82 bits per heavy atom. The molecule has 0 N–H and O–H groups in total. The monoisotopic (exact) mass is 297 g/mol. The number of nitrogens with zero attached hydrogens (tertiary/aromatic N) is 1. The number of imide groups is 1. The first-order valence-electron chi connectivity index (χ1n) is 8.32. The summed E-state index contributed by atoms with van der Waals surface area (Å²) in [5.74, 6) is 0.0212. The lowest BCUT2D eigenvalue weighted by Gasteiger charge is -2.28. The van der Waals surface area contributed by atoms with Crippen molar-refractivity contribution >= 4 is 11.8 Å². The number of carbonyl (C=O) groups excluding carboxylic acids is 2. The number of rotatable bonds is 5. The molecule has 1 aliphatic heterocycles. The van der Waals surface area contributed by atoms with E-state index < -0.39 is 0 Å². The van der Waals surface area contributed by atoms with Crippen LogP contribution in [0.25, 0.3) is 0 Å². The maximum absolute atomic E-state index is 12.1. The van der Waals surface area contributed by atoms with Crippen LogP contribution in [-0.4, -0.2) is 16.7 Å². The summed E-state index contributed by atoms with van der Waals surface area (Å²) in [6.45, 7) is 4.34. The van der Waals surface area contributed by atoms with Gasteiger partial charge in [-0.25, -0.2) is 0 Å². The van der Waals surface area contributed by atoms with Crippen LogP contribution in [-0.2, 0) is 22.4 Å². The number of fused-ring (bicyclic) bond motifs is 1. The Labute approximate surface area is 132 Å². The molecule has 0 aromatic heterocycles. The topological polar surface area (TPSA) is 37.4 Å². The van der Waals surface area contributed by atoms with Crippen molar-refractivity contribution in [2.45, 2.75) is 52.0 Å². The van der Waals surface area contributed by atoms with Gasteiger partial charge in [0.2, 0.25) is 0 Å². The van der Waals surface area contributed by atoms with Crippen molar-refractivity contribution in [3.63, 3.8) is 0 Å². The Balaban J connectivity index is 1.97. The van der Waals surface area contributed by atoms with E-state index in [2.05, 4.69) is 32.0 Å². The van der Waals surface area contributed by atoms with Gasteiger partial charge in [0, 0.05) is 12.2 Å². The van der Waals surface area contributed by atoms with E-state index in [4.69, 9.17) is 0 Å². The quantitative estimate of drug-likeness (QED) is 0.779. The second-order valence-electron chi connectivity index (χ2n) is 6.36. The minimum absolute atomic E-state index is 0.0828. The molecule has 3 heteroatoms. The minimum atomic E-state index is -0.165. The highest BCUT2D eigenvalue weighted by Gasteiger charge is 2.41. The third kappa shape index (κ3) is 2.49. The lowest BCUT2D eigenvalue weighted by Crippen LogP contribution is -2.36. The van der Waals surface area contributed by atoms with Gasteiger partial charge in [0.05, 0.1) is 6.04 Å². The van der Waals surface area contributed by atoms with Crippen LogP contribution in [0.3, 0.4) is 0 Å². The third-order valence-electron chi connectivity index (χ3n) is 4.77. The van der Waals surface area contributed by atoms with Crippen molar-refractivity contribution < 1.29 is 9.59 Å². The van der Waals surface area contributed by atoms with Gasteiger partial charge < -0.3 is 0 Å². The summed E-state index contributed by atoms with van der Waals surface area (Å²) in [4.78, 5) is 25.7. The summed E-state index contributed by atoms with van der Waals surface area (Å²) in [6.07, 6.45) is 8.10. The van der Waals surface area contributed by atoms with Gasteiger partial charge in [-0.2, -0.15) is 0 Å². The molecule has 116 valence electrons. The molecule has 1 aromatic rings. The van der Waals surface area contributed by atoms with Gasteiger partial charge in [-0.3, -0.25) is 14.5 Å². The van der Waals surface area contributed by atoms with E-state index in [9.17, 15) is 9.59 Å². The fourth-order valence-corrected chi connectivity index (χ4v) is 3.88. The van der Waals surface area contributed by atoms with Crippen LogP contribution in [0.4, 0.5) is 0 Å². The first-order valence-corrected chi connectivity index (χ1v) is 8.32. The predicted molar refractivity (Wildman–Crippen MR) is 86.3 cm³/mol. The zero-order valence-corrected chi connectivity index (χ0v) is 13.3. The molecule has 0 saturated heterocycles. The highest BCUT2D eigenvalue weighted by atomic mass is 16.2. The van der Waals surface area contributed by atoms with Gasteiger partial charge in [-0.15, -0.1) is 0 Å². The highest BCUT2D eigenvalue weighted by molar-refractivity contribution is 6.13.